The molecule has 3 rings (SSSR count). The van der Waals surface area contributed by atoms with E-state index in [9.17, 15) is 9.59 Å². The third-order valence-corrected chi connectivity index (χ3v) is 6.03. The molecule has 0 spiro atoms. The molecule has 3 heterocycles. The maximum Gasteiger partial charge on any atom is 0.345 e. The largest absolute Gasteiger partial charge is 0.379 e. The summed E-state index contributed by atoms with van der Waals surface area (Å²) >= 11 is 0. The number of hydrogen-bond acceptors (Lipinski definition) is 5. The van der Waals surface area contributed by atoms with Crippen LogP contribution in [0.1, 0.15) is 52.8 Å². The van der Waals surface area contributed by atoms with Gasteiger partial charge in [-0.3, -0.25) is 14.3 Å². The highest BCUT2D eigenvalue weighted by atomic mass is 16.5. The van der Waals surface area contributed by atoms with Crippen molar-refractivity contribution in [3.63, 3.8) is 0 Å². The normalized spacial score (nSPS) is 21.4. The van der Waals surface area contributed by atoms with E-state index in [1.807, 2.05) is 13.8 Å². The second-order valence-electron chi connectivity index (χ2n) is 8.91. The zero-order chi connectivity index (χ0) is 20.3. The van der Waals surface area contributed by atoms with Gasteiger partial charge in [-0.2, -0.15) is 5.10 Å². The highest BCUT2D eigenvalue weighted by Crippen LogP contribution is 2.19. The average Bonchev–Trinajstić information content (AvgIpc) is 2.83. The van der Waals surface area contributed by atoms with Crippen LogP contribution in [0.5, 0.6) is 0 Å². The highest BCUT2D eigenvalue weighted by Gasteiger charge is 2.36. The molecule has 8 nitrogen and oxygen atoms in total. The Kier molecular flexibility index (Phi) is 6.60. The molecule has 28 heavy (non-hydrogen) atoms. The number of amides is 1. The first-order valence-corrected chi connectivity index (χ1v) is 10.6. The lowest BCUT2D eigenvalue weighted by Gasteiger charge is -2.40. The molecule has 1 aromatic heterocycles. The first-order valence-electron chi connectivity index (χ1n) is 10.6. The Morgan fingerprint density at radius 3 is 2.64 bits per heavy atom. The molecule has 158 valence electrons. The molecule has 1 saturated heterocycles. The monoisotopic (exact) mass is 393 g/mol. The van der Waals surface area contributed by atoms with Gasteiger partial charge in [0.05, 0.1) is 18.8 Å². The highest BCUT2D eigenvalue weighted by molar-refractivity contribution is 5.85. The van der Waals surface area contributed by atoms with E-state index in [1.165, 1.54) is 0 Å². The van der Waals surface area contributed by atoms with Crippen LogP contribution >= 0.6 is 0 Å². The summed E-state index contributed by atoms with van der Waals surface area (Å²) in [6, 6.07) is 0.0676. The van der Waals surface area contributed by atoms with Crippen LogP contribution in [-0.4, -0.2) is 63.0 Å². The molecule has 1 aromatic rings. The molecule has 0 aromatic carbocycles. The van der Waals surface area contributed by atoms with Crippen molar-refractivity contribution in [2.24, 2.45) is 5.92 Å². The fraction of sp³-hybridized carbons (Fsp3) is 0.850. The van der Waals surface area contributed by atoms with E-state index in [4.69, 9.17) is 4.74 Å². The Morgan fingerprint density at radius 2 is 1.96 bits per heavy atom. The van der Waals surface area contributed by atoms with Crippen LogP contribution in [0.2, 0.25) is 0 Å². The standard InChI is InChI=1S/C20H35N5O3/c1-15(2)7-10-25-19(27)24-9-8-16(5-6-17(24)22-25)21-18(26)20(3,4)23-11-13-28-14-12-23/h15-16H,5-14H2,1-4H3,(H,21,26). The minimum absolute atomic E-state index is 0.0173. The molecular formula is C20H35N5O3. The molecule has 0 aliphatic carbocycles. The summed E-state index contributed by atoms with van der Waals surface area (Å²) in [7, 11) is 0. The summed E-state index contributed by atoms with van der Waals surface area (Å²) in [6.45, 7) is 12.4. The van der Waals surface area contributed by atoms with Crippen LogP contribution < -0.4 is 11.0 Å². The second-order valence-corrected chi connectivity index (χ2v) is 8.91. The van der Waals surface area contributed by atoms with Gasteiger partial charge in [-0.15, -0.1) is 0 Å². The van der Waals surface area contributed by atoms with E-state index in [-0.39, 0.29) is 17.6 Å². The molecule has 0 bridgehead atoms. The first kappa shape index (κ1) is 21.0. The predicted molar refractivity (Wildman–Crippen MR) is 107 cm³/mol. The number of morpholine rings is 1. The topological polar surface area (TPSA) is 81.4 Å². The van der Waals surface area contributed by atoms with Crippen molar-refractivity contribution in [2.75, 3.05) is 26.3 Å². The van der Waals surface area contributed by atoms with Gasteiger partial charge in [-0.05, 0) is 39.0 Å². The van der Waals surface area contributed by atoms with Crippen LogP contribution in [0.25, 0.3) is 0 Å². The van der Waals surface area contributed by atoms with Gasteiger partial charge in [0.25, 0.3) is 0 Å². The summed E-state index contributed by atoms with van der Waals surface area (Å²) in [4.78, 5) is 27.8. The number of ether oxygens (including phenoxy) is 1. The molecule has 0 saturated carbocycles. The number of carbonyl (C=O) groups excluding carboxylic acids is 1. The lowest BCUT2D eigenvalue weighted by atomic mass is 9.99. The summed E-state index contributed by atoms with van der Waals surface area (Å²) in [5.74, 6) is 1.44. The number of aryl methyl sites for hydroxylation is 2. The van der Waals surface area contributed by atoms with Crippen LogP contribution in [0.4, 0.5) is 0 Å². The zero-order valence-corrected chi connectivity index (χ0v) is 17.7. The van der Waals surface area contributed by atoms with Gasteiger partial charge in [0.2, 0.25) is 5.91 Å². The fourth-order valence-electron chi connectivity index (χ4n) is 3.93. The van der Waals surface area contributed by atoms with Gasteiger partial charge in [-0.25, -0.2) is 9.48 Å². The van der Waals surface area contributed by atoms with E-state index < -0.39 is 5.54 Å². The van der Waals surface area contributed by atoms with Crippen molar-refractivity contribution >= 4 is 5.91 Å². The van der Waals surface area contributed by atoms with Gasteiger partial charge in [0.1, 0.15) is 5.82 Å². The van der Waals surface area contributed by atoms with Gasteiger partial charge in [-0.1, -0.05) is 13.8 Å². The molecular weight excluding hydrogens is 358 g/mol. The summed E-state index contributed by atoms with van der Waals surface area (Å²) in [5, 5.41) is 7.77. The Hall–Kier alpha value is -1.67. The minimum atomic E-state index is -0.562. The van der Waals surface area contributed by atoms with Gasteiger partial charge >= 0.3 is 5.69 Å². The number of nitrogens with zero attached hydrogens (tertiary/aromatic N) is 4. The SMILES string of the molecule is CC(C)CCn1nc2n(c1=O)CCC(NC(=O)C(C)(C)N1CCOCC1)CC2. The summed E-state index contributed by atoms with van der Waals surface area (Å²) < 4.78 is 8.80. The van der Waals surface area contributed by atoms with Crippen LogP contribution in [0.15, 0.2) is 4.79 Å². The van der Waals surface area contributed by atoms with Crippen molar-refractivity contribution in [2.45, 2.75) is 78.0 Å². The van der Waals surface area contributed by atoms with Gasteiger partial charge in [0, 0.05) is 38.6 Å². The molecule has 2 aliphatic rings. The second kappa shape index (κ2) is 8.78. The van der Waals surface area contributed by atoms with Crippen molar-refractivity contribution in [3.05, 3.63) is 16.3 Å². The fourth-order valence-corrected chi connectivity index (χ4v) is 3.93. The molecule has 1 amide bonds. The maximum absolute atomic E-state index is 12.9. The third-order valence-electron chi connectivity index (χ3n) is 6.03. The Balaban J connectivity index is 1.59. The lowest BCUT2D eigenvalue weighted by molar-refractivity contribution is -0.135. The smallest absolute Gasteiger partial charge is 0.345 e. The molecule has 1 unspecified atom stereocenters. The first-order chi connectivity index (χ1) is 13.3. The number of aromatic nitrogens is 3. The molecule has 1 N–H and O–H groups in total. The molecule has 1 fully saturated rings. The molecule has 8 heteroatoms. The lowest BCUT2D eigenvalue weighted by Crippen LogP contribution is -2.59. The third kappa shape index (κ3) is 4.66. The van der Waals surface area contributed by atoms with Crippen LogP contribution in [0, 0.1) is 5.92 Å². The van der Waals surface area contributed by atoms with E-state index in [2.05, 4.69) is 29.2 Å². The Labute approximate surface area is 167 Å². The number of carbonyl (C=O) groups is 1. The van der Waals surface area contributed by atoms with E-state index >= 15 is 0 Å². The number of hydrogen-bond donors (Lipinski definition) is 1. The summed E-state index contributed by atoms with van der Waals surface area (Å²) in [5.41, 5.74) is -0.580. The maximum atomic E-state index is 12.9. The Morgan fingerprint density at radius 1 is 1.25 bits per heavy atom. The van der Waals surface area contributed by atoms with Crippen molar-refractivity contribution in [1.82, 2.24) is 24.6 Å². The number of fused-ring (bicyclic) bond motifs is 1. The van der Waals surface area contributed by atoms with Gasteiger partial charge in [0.15, 0.2) is 0 Å². The minimum Gasteiger partial charge on any atom is -0.379 e. The predicted octanol–water partition coefficient (Wildman–Crippen LogP) is 1.02. The molecule has 2 aliphatic heterocycles. The number of nitrogens with one attached hydrogen (secondary N) is 1. The van der Waals surface area contributed by atoms with Gasteiger partial charge < -0.3 is 10.1 Å². The van der Waals surface area contributed by atoms with Crippen molar-refractivity contribution in [3.8, 4) is 0 Å². The number of rotatable bonds is 6. The Bertz CT molecular complexity index is 731. The quantitative estimate of drug-likeness (QED) is 0.781. The van der Waals surface area contributed by atoms with Crippen LogP contribution in [0.3, 0.4) is 0 Å². The molecule has 0 radical (unpaired) electrons. The van der Waals surface area contributed by atoms with Crippen molar-refractivity contribution in [1.29, 1.82) is 0 Å². The van der Waals surface area contributed by atoms with Crippen molar-refractivity contribution < 1.29 is 9.53 Å². The summed E-state index contributed by atoms with van der Waals surface area (Å²) in [6.07, 6.45) is 3.23. The zero-order valence-electron chi connectivity index (χ0n) is 17.7. The van der Waals surface area contributed by atoms with E-state index in [0.29, 0.717) is 38.6 Å². The average molecular weight is 394 g/mol. The van der Waals surface area contributed by atoms with Crippen LogP contribution in [-0.2, 0) is 29.0 Å². The van der Waals surface area contributed by atoms with E-state index in [0.717, 1.165) is 38.2 Å². The molecule has 1 atom stereocenters. The van der Waals surface area contributed by atoms with E-state index in [1.54, 1.807) is 9.25 Å².